The van der Waals surface area contributed by atoms with E-state index in [1.165, 1.54) is 29.2 Å². The van der Waals surface area contributed by atoms with E-state index in [0.29, 0.717) is 23.2 Å². The van der Waals surface area contributed by atoms with Gasteiger partial charge in [0.05, 0.1) is 23.6 Å². The van der Waals surface area contributed by atoms with Crippen LogP contribution in [0.25, 0.3) is 0 Å². The molecule has 11 heteroatoms. The number of nitrogens with one attached hydrogen (secondary N) is 2. The minimum atomic E-state index is -4.15. The standard InChI is InChI=1S/C23H19F2N3O5S/c24-18-10-9-17(13-19(18)25)34(31,32)27-16-7-5-15(6-8-16)26-22(29)14-28-20-3-1-2-4-21(20)33-12-11-23(28)30/h1-10,13,27H,11-12,14H2,(H,26,29). The Balaban J connectivity index is 1.42. The van der Waals surface area contributed by atoms with Gasteiger partial charge in [0.1, 0.15) is 12.3 Å². The highest BCUT2D eigenvalue weighted by atomic mass is 32.2. The molecule has 1 aliphatic heterocycles. The number of rotatable bonds is 6. The molecule has 4 rings (SSSR count). The van der Waals surface area contributed by atoms with Crippen LogP contribution in [0.15, 0.2) is 71.6 Å². The molecule has 0 aliphatic carbocycles. The number of hydrogen-bond acceptors (Lipinski definition) is 5. The zero-order valence-electron chi connectivity index (χ0n) is 17.6. The molecular formula is C23H19F2N3O5S. The van der Waals surface area contributed by atoms with Crippen LogP contribution in [0.5, 0.6) is 5.75 Å². The monoisotopic (exact) mass is 487 g/mol. The minimum Gasteiger partial charge on any atom is -0.491 e. The maximum absolute atomic E-state index is 13.4. The fraction of sp³-hybridized carbons (Fsp3) is 0.130. The van der Waals surface area contributed by atoms with E-state index >= 15 is 0 Å². The van der Waals surface area contributed by atoms with Crippen LogP contribution in [0.4, 0.5) is 25.8 Å². The predicted octanol–water partition coefficient (Wildman–Crippen LogP) is 3.52. The zero-order chi connectivity index (χ0) is 24.3. The smallest absolute Gasteiger partial charge is 0.261 e. The van der Waals surface area contributed by atoms with E-state index < -0.39 is 32.5 Å². The molecule has 1 heterocycles. The Morgan fingerprint density at radius 2 is 1.68 bits per heavy atom. The van der Waals surface area contributed by atoms with E-state index in [0.717, 1.165) is 12.1 Å². The SMILES string of the molecule is O=C(CN1C(=O)CCOc2ccccc21)Nc1ccc(NS(=O)(=O)c2ccc(F)c(F)c2)cc1. The number of anilines is 3. The number of sulfonamides is 1. The fourth-order valence-corrected chi connectivity index (χ4v) is 4.39. The molecule has 0 saturated heterocycles. The lowest BCUT2D eigenvalue weighted by Crippen LogP contribution is -2.37. The summed E-state index contributed by atoms with van der Waals surface area (Å²) in [4.78, 5) is 26.0. The lowest BCUT2D eigenvalue weighted by atomic mass is 10.2. The van der Waals surface area contributed by atoms with Crippen LogP contribution in [-0.4, -0.2) is 33.4 Å². The number of para-hydroxylation sites is 2. The first-order valence-corrected chi connectivity index (χ1v) is 11.6. The van der Waals surface area contributed by atoms with E-state index in [2.05, 4.69) is 10.0 Å². The summed E-state index contributed by atoms with van der Waals surface area (Å²) in [5.41, 5.74) is 1.02. The summed E-state index contributed by atoms with van der Waals surface area (Å²) in [6.45, 7) is -0.0143. The Kier molecular flexibility index (Phi) is 6.46. The summed E-state index contributed by atoms with van der Waals surface area (Å²) >= 11 is 0. The van der Waals surface area contributed by atoms with Crippen LogP contribution in [0, 0.1) is 11.6 Å². The highest BCUT2D eigenvalue weighted by Gasteiger charge is 2.25. The lowest BCUT2D eigenvalue weighted by molar-refractivity contribution is -0.121. The highest BCUT2D eigenvalue weighted by molar-refractivity contribution is 7.92. The topological polar surface area (TPSA) is 105 Å². The average Bonchev–Trinajstić information content (AvgIpc) is 2.95. The molecule has 0 radical (unpaired) electrons. The molecule has 1 aliphatic rings. The number of carbonyl (C=O) groups excluding carboxylic acids is 2. The molecule has 0 fully saturated rings. The predicted molar refractivity (Wildman–Crippen MR) is 121 cm³/mol. The van der Waals surface area contributed by atoms with E-state index in [9.17, 15) is 26.8 Å². The molecule has 2 amide bonds. The van der Waals surface area contributed by atoms with Crippen molar-refractivity contribution in [3.63, 3.8) is 0 Å². The van der Waals surface area contributed by atoms with Crippen molar-refractivity contribution in [1.29, 1.82) is 0 Å². The maximum Gasteiger partial charge on any atom is 0.261 e. The third-order valence-corrected chi connectivity index (χ3v) is 6.33. The Labute approximate surface area is 194 Å². The van der Waals surface area contributed by atoms with Gasteiger partial charge in [-0.2, -0.15) is 0 Å². The van der Waals surface area contributed by atoms with Crippen molar-refractivity contribution in [1.82, 2.24) is 0 Å². The molecule has 8 nitrogen and oxygen atoms in total. The Morgan fingerprint density at radius 3 is 2.41 bits per heavy atom. The summed E-state index contributed by atoms with van der Waals surface area (Å²) in [7, 11) is -4.15. The number of fused-ring (bicyclic) bond motifs is 1. The maximum atomic E-state index is 13.4. The van der Waals surface area contributed by atoms with Gasteiger partial charge >= 0.3 is 0 Å². The largest absolute Gasteiger partial charge is 0.491 e. The Hall–Kier alpha value is -3.99. The summed E-state index contributed by atoms with van der Waals surface area (Å²) < 4.78 is 59.0. The van der Waals surface area contributed by atoms with Crippen molar-refractivity contribution in [2.45, 2.75) is 11.3 Å². The summed E-state index contributed by atoms with van der Waals surface area (Å²) in [5.74, 6) is -2.63. The number of carbonyl (C=O) groups is 2. The number of amides is 2. The van der Waals surface area contributed by atoms with Gasteiger partial charge in [0.25, 0.3) is 10.0 Å². The lowest BCUT2D eigenvalue weighted by Gasteiger charge is -2.21. The fourth-order valence-electron chi connectivity index (χ4n) is 3.32. The second-order valence-corrected chi connectivity index (χ2v) is 9.04. The van der Waals surface area contributed by atoms with E-state index in [4.69, 9.17) is 4.74 Å². The molecule has 0 saturated carbocycles. The van der Waals surface area contributed by atoms with Crippen molar-refractivity contribution in [3.8, 4) is 5.75 Å². The van der Waals surface area contributed by atoms with Gasteiger partial charge in [-0.05, 0) is 54.6 Å². The molecule has 3 aromatic carbocycles. The number of hydrogen-bond donors (Lipinski definition) is 2. The molecule has 34 heavy (non-hydrogen) atoms. The quantitative estimate of drug-likeness (QED) is 0.554. The van der Waals surface area contributed by atoms with Gasteiger partial charge in [0, 0.05) is 11.4 Å². The zero-order valence-corrected chi connectivity index (χ0v) is 18.4. The van der Waals surface area contributed by atoms with E-state index in [-0.39, 0.29) is 31.2 Å². The van der Waals surface area contributed by atoms with Crippen molar-refractivity contribution in [2.24, 2.45) is 0 Å². The molecule has 0 spiro atoms. The van der Waals surface area contributed by atoms with Crippen molar-refractivity contribution in [2.75, 3.05) is 28.1 Å². The van der Waals surface area contributed by atoms with Crippen LogP contribution in [-0.2, 0) is 19.6 Å². The third kappa shape index (κ3) is 5.15. The van der Waals surface area contributed by atoms with Crippen LogP contribution in [0.2, 0.25) is 0 Å². The van der Waals surface area contributed by atoms with Gasteiger partial charge in [-0.25, -0.2) is 17.2 Å². The molecule has 3 aromatic rings. The van der Waals surface area contributed by atoms with E-state index in [1.54, 1.807) is 24.3 Å². The number of nitrogens with zero attached hydrogens (tertiary/aromatic N) is 1. The van der Waals surface area contributed by atoms with Gasteiger partial charge in [0.2, 0.25) is 11.8 Å². The van der Waals surface area contributed by atoms with Gasteiger partial charge < -0.3 is 10.1 Å². The van der Waals surface area contributed by atoms with Crippen LogP contribution in [0.1, 0.15) is 6.42 Å². The minimum absolute atomic E-state index is 0.134. The molecule has 0 bridgehead atoms. The molecule has 2 N–H and O–H groups in total. The van der Waals surface area contributed by atoms with Gasteiger partial charge in [0.15, 0.2) is 11.6 Å². The Bertz CT molecular complexity index is 1350. The molecular weight excluding hydrogens is 468 g/mol. The second-order valence-electron chi connectivity index (χ2n) is 7.35. The molecule has 176 valence electrons. The average molecular weight is 487 g/mol. The first-order chi connectivity index (χ1) is 16.2. The third-order valence-electron chi connectivity index (χ3n) is 4.95. The van der Waals surface area contributed by atoms with Crippen molar-refractivity contribution in [3.05, 3.63) is 78.4 Å². The van der Waals surface area contributed by atoms with Crippen LogP contribution >= 0.6 is 0 Å². The number of benzene rings is 3. The van der Waals surface area contributed by atoms with Gasteiger partial charge in [-0.3, -0.25) is 19.2 Å². The number of ether oxygens (including phenoxy) is 1. The van der Waals surface area contributed by atoms with Crippen molar-refractivity contribution < 1.29 is 31.5 Å². The van der Waals surface area contributed by atoms with Crippen LogP contribution < -0.4 is 19.7 Å². The molecule has 0 atom stereocenters. The van der Waals surface area contributed by atoms with Gasteiger partial charge in [-0.15, -0.1) is 0 Å². The first kappa shape index (κ1) is 23.2. The van der Waals surface area contributed by atoms with Crippen molar-refractivity contribution >= 4 is 38.9 Å². The number of halogens is 2. The summed E-state index contributed by atoms with van der Waals surface area (Å²) in [6.07, 6.45) is 0.134. The van der Waals surface area contributed by atoms with Gasteiger partial charge in [-0.1, -0.05) is 12.1 Å². The summed E-state index contributed by atoms with van der Waals surface area (Å²) in [6, 6.07) is 14.9. The molecule has 0 unspecified atom stereocenters. The Morgan fingerprint density at radius 1 is 0.971 bits per heavy atom. The molecule has 0 aromatic heterocycles. The second kappa shape index (κ2) is 9.48. The normalized spacial score (nSPS) is 13.5. The first-order valence-electron chi connectivity index (χ1n) is 10.1. The van der Waals surface area contributed by atoms with Crippen LogP contribution in [0.3, 0.4) is 0 Å². The summed E-state index contributed by atoms with van der Waals surface area (Å²) in [5, 5.41) is 2.65. The van der Waals surface area contributed by atoms with E-state index in [1.807, 2.05) is 0 Å². The highest BCUT2D eigenvalue weighted by Crippen LogP contribution is 2.31.